The molecule has 0 bridgehead atoms. The van der Waals surface area contributed by atoms with Gasteiger partial charge in [-0.15, -0.1) is 0 Å². The van der Waals surface area contributed by atoms with Crippen LogP contribution in [-0.4, -0.2) is 24.6 Å². The lowest BCUT2D eigenvalue weighted by Crippen LogP contribution is -2.33. The maximum Gasteiger partial charge on any atom is 0.326 e. The van der Waals surface area contributed by atoms with Crippen LogP contribution in [-0.2, 0) is 0 Å². The third-order valence-electron chi connectivity index (χ3n) is 1.73. The molecule has 1 aromatic rings. The van der Waals surface area contributed by atoms with Gasteiger partial charge in [-0.25, -0.2) is 4.68 Å². The van der Waals surface area contributed by atoms with Crippen molar-refractivity contribution in [3.63, 3.8) is 0 Å². The van der Waals surface area contributed by atoms with Gasteiger partial charge in [-0.2, -0.15) is 0 Å². The molecule has 0 aliphatic heterocycles. The second-order valence-corrected chi connectivity index (χ2v) is 3.96. The van der Waals surface area contributed by atoms with Gasteiger partial charge in [0.2, 0.25) is 0 Å². The van der Waals surface area contributed by atoms with Crippen molar-refractivity contribution in [1.82, 2.24) is 4.68 Å². The van der Waals surface area contributed by atoms with Gasteiger partial charge < -0.3 is 5.01 Å². The average molecular weight is 200 g/mol. The Morgan fingerprint density at radius 1 is 1.46 bits per heavy atom. The minimum atomic E-state index is -0.118. The summed E-state index contributed by atoms with van der Waals surface area (Å²) >= 11 is 0.994. The number of hydrogen-bond donors (Lipinski definition) is 0. The molecule has 0 saturated heterocycles. The first-order chi connectivity index (χ1) is 5.95. The van der Waals surface area contributed by atoms with Crippen LogP contribution in [0.4, 0.5) is 0 Å². The van der Waals surface area contributed by atoms with Crippen LogP contribution in [0, 0.1) is 6.92 Å². The van der Waals surface area contributed by atoms with Gasteiger partial charge in [0.1, 0.15) is 0 Å². The van der Waals surface area contributed by atoms with E-state index in [1.165, 1.54) is 11.6 Å². The van der Waals surface area contributed by atoms with E-state index in [-0.39, 0.29) is 10.7 Å². The molecule has 0 amide bonds. The van der Waals surface area contributed by atoms with Crippen molar-refractivity contribution in [2.75, 3.05) is 19.1 Å². The van der Waals surface area contributed by atoms with Crippen molar-refractivity contribution in [3.05, 3.63) is 20.2 Å². The molecule has 4 nitrogen and oxygen atoms in total. The van der Waals surface area contributed by atoms with Crippen LogP contribution < -0.4 is 9.88 Å². The number of nitrogens with zero attached hydrogens (tertiary/aromatic N) is 2. The molecule has 72 valence electrons. The fraction of sp³-hybridized carbons (Fsp3) is 0.500. The Morgan fingerprint density at radius 3 is 2.23 bits per heavy atom. The summed E-state index contributed by atoms with van der Waals surface area (Å²) in [6.45, 7) is 3.24. The molecule has 0 N–H and O–H groups in total. The first-order valence-electron chi connectivity index (χ1n) is 3.86. The minimum absolute atomic E-state index is 0.0554. The number of thiazole rings is 1. The molecule has 1 aromatic heterocycles. The summed E-state index contributed by atoms with van der Waals surface area (Å²) in [5, 5.41) is 1.67. The van der Waals surface area contributed by atoms with Gasteiger partial charge in [0.05, 0.1) is 10.6 Å². The Hall–Kier alpha value is -1.10. The second-order valence-electron chi connectivity index (χ2n) is 3.00. The Labute approximate surface area is 80.4 Å². The number of carbonyl (C=O) groups excluding carboxylic acids is 1. The van der Waals surface area contributed by atoms with E-state index in [1.807, 2.05) is 0 Å². The van der Waals surface area contributed by atoms with Crippen LogP contribution in [0.5, 0.6) is 0 Å². The highest BCUT2D eigenvalue weighted by atomic mass is 32.1. The highest BCUT2D eigenvalue weighted by molar-refractivity contribution is 7.11. The van der Waals surface area contributed by atoms with Crippen LogP contribution in [0.15, 0.2) is 4.79 Å². The molecular formula is C8H12N2O2S. The third kappa shape index (κ3) is 1.65. The Bertz CT molecular complexity index is 389. The van der Waals surface area contributed by atoms with E-state index in [0.29, 0.717) is 10.6 Å². The Balaban J connectivity index is 3.39. The van der Waals surface area contributed by atoms with Crippen LogP contribution in [0.1, 0.15) is 22.3 Å². The second kappa shape index (κ2) is 3.33. The largest absolute Gasteiger partial charge is 0.326 e. The summed E-state index contributed by atoms with van der Waals surface area (Å²) in [4.78, 5) is 22.9. The van der Waals surface area contributed by atoms with E-state index in [4.69, 9.17) is 0 Å². The summed E-state index contributed by atoms with van der Waals surface area (Å²) < 4.78 is 1.49. The zero-order chi connectivity index (χ0) is 10.2. The van der Waals surface area contributed by atoms with Gasteiger partial charge >= 0.3 is 4.87 Å². The monoisotopic (exact) mass is 200 g/mol. The van der Waals surface area contributed by atoms with E-state index in [9.17, 15) is 9.59 Å². The molecular weight excluding hydrogens is 188 g/mol. The van der Waals surface area contributed by atoms with Crippen molar-refractivity contribution in [2.24, 2.45) is 0 Å². The summed E-state index contributed by atoms with van der Waals surface area (Å²) in [5.74, 6) is -0.0554. The average Bonchev–Trinajstić information content (AvgIpc) is 2.26. The van der Waals surface area contributed by atoms with Gasteiger partial charge in [-0.05, 0) is 6.92 Å². The van der Waals surface area contributed by atoms with E-state index in [2.05, 4.69) is 0 Å². The number of ketones is 1. The highest BCUT2D eigenvalue weighted by Gasteiger charge is 2.14. The maximum absolute atomic E-state index is 11.4. The van der Waals surface area contributed by atoms with Gasteiger partial charge in [0.15, 0.2) is 5.78 Å². The molecule has 0 spiro atoms. The van der Waals surface area contributed by atoms with E-state index in [1.54, 1.807) is 26.0 Å². The predicted molar refractivity (Wildman–Crippen MR) is 53.4 cm³/mol. The molecule has 0 radical (unpaired) electrons. The third-order valence-corrected chi connectivity index (χ3v) is 2.86. The van der Waals surface area contributed by atoms with Gasteiger partial charge in [-0.1, -0.05) is 11.3 Å². The Morgan fingerprint density at radius 2 is 2.00 bits per heavy atom. The van der Waals surface area contributed by atoms with Crippen molar-refractivity contribution < 1.29 is 4.79 Å². The zero-order valence-corrected chi connectivity index (χ0v) is 8.94. The number of hydrogen-bond acceptors (Lipinski definition) is 4. The van der Waals surface area contributed by atoms with Crippen LogP contribution in [0.25, 0.3) is 0 Å². The molecule has 1 heterocycles. The standard InChI is InChI=1S/C8H12N2O2S/c1-5-7(6(2)11)13-8(12)10(5)9(3)4/h1-4H3. The minimum Gasteiger partial charge on any atom is -0.315 e. The van der Waals surface area contributed by atoms with Crippen LogP contribution in [0.3, 0.4) is 0 Å². The molecule has 0 fully saturated rings. The van der Waals surface area contributed by atoms with Gasteiger partial charge in [-0.3, -0.25) is 9.59 Å². The lowest BCUT2D eigenvalue weighted by molar-refractivity contribution is 0.102. The lowest BCUT2D eigenvalue weighted by Gasteiger charge is -2.14. The smallest absolute Gasteiger partial charge is 0.315 e. The van der Waals surface area contributed by atoms with Crippen molar-refractivity contribution in [2.45, 2.75) is 13.8 Å². The molecule has 1 rings (SSSR count). The predicted octanol–water partition coefficient (Wildman–Crippen LogP) is 0.618. The molecule has 0 atom stereocenters. The number of carbonyl (C=O) groups is 1. The van der Waals surface area contributed by atoms with Crippen LogP contribution in [0.2, 0.25) is 0 Å². The van der Waals surface area contributed by atoms with Gasteiger partial charge in [0.25, 0.3) is 0 Å². The molecule has 0 saturated carbocycles. The van der Waals surface area contributed by atoms with E-state index >= 15 is 0 Å². The normalized spacial score (nSPS) is 10.2. The summed E-state index contributed by atoms with van der Waals surface area (Å²) in [7, 11) is 3.54. The zero-order valence-electron chi connectivity index (χ0n) is 8.12. The molecule has 0 aromatic carbocycles. The summed E-state index contributed by atoms with van der Waals surface area (Å²) in [5.41, 5.74) is 0.715. The lowest BCUT2D eigenvalue weighted by atomic mass is 10.3. The van der Waals surface area contributed by atoms with Crippen LogP contribution >= 0.6 is 11.3 Å². The number of aromatic nitrogens is 1. The number of Topliss-reactive ketones (excluding diaryl/α,β-unsaturated/α-hetero) is 1. The van der Waals surface area contributed by atoms with Crippen molar-refractivity contribution >= 4 is 17.1 Å². The summed E-state index contributed by atoms with van der Waals surface area (Å²) in [6.07, 6.45) is 0. The Kier molecular flexibility index (Phi) is 2.56. The fourth-order valence-corrected chi connectivity index (χ4v) is 2.17. The summed E-state index contributed by atoms with van der Waals surface area (Å²) in [6, 6.07) is 0. The van der Waals surface area contributed by atoms with Crippen molar-refractivity contribution in [1.29, 1.82) is 0 Å². The first kappa shape index (κ1) is 9.98. The molecule has 5 heteroatoms. The SMILES string of the molecule is CC(=O)c1sc(=O)n(N(C)C)c1C. The topological polar surface area (TPSA) is 42.3 Å². The quantitative estimate of drug-likeness (QED) is 0.657. The van der Waals surface area contributed by atoms with Crippen molar-refractivity contribution in [3.8, 4) is 0 Å². The highest BCUT2D eigenvalue weighted by Crippen LogP contribution is 2.11. The van der Waals surface area contributed by atoms with E-state index in [0.717, 1.165) is 11.3 Å². The maximum atomic E-state index is 11.4. The fourth-order valence-electron chi connectivity index (χ4n) is 1.23. The molecule has 0 aliphatic rings. The number of rotatable bonds is 2. The molecule has 13 heavy (non-hydrogen) atoms. The first-order valence-corrected chi connectivity index (χ1v) is 4.67. The van der Waals surface area contributed by atoms with E-state index < -0.39 is 0 Å². The van der Waals surface area contributed by atoms with Gasteiger partial charge in [0, 0.05) is 21.0 Å². The molecule has 0 unspecified atom stereocenters. The molecule has 0 aliphatic carbocycles.